The summed E-state index contributed by atoms with van der Waals surface area (Å²) in [5.41, 5.74) is 0. The van der Waals surface area contributed by atoms with Gasteiger partial charge in [0, 0.05) is 0 Å². The summed E-state index contributed by atoms with van der Waals surface area (Å²) in [4.78, 5) is 0. The molecule has 0 aromatic heterocycles. The maximum atomic E-state index is 2.46. The molecule has 0 N–H and O–H groups in total. The van der Waals surface area contributed by atoms with Crippen molar-refractivity contribution in [2.45, 2.75) is 90.4 Å². The lowest BCUT2D eigenvalue weighted by Crippen LogP contribution is -2.22. The maximum Gasteiger partial charge on any atom is -0.0226 e. The van der Waals surface area contributed by atoms with Gasteiger partial charge in [0.25, 0.3) is 0 Å². The molecule has 3 fully saturated rings. The molecule has 1 heteroatoms. The quantitative estimate of drug-likeness (QED) is 0.318. The Hall–Kier alpha value is 0.470. The summed E-state index contributed by atoms with van der Waals surface area (Å²) >= 11 is 2.39. The fraction of sp³-hybridized carbons (Fsp3) is 0.909. The third kappa shape index (κ3) is 5.22. The highest BCUT2D eigenvalue weighted by Gasteiger charge is 2.32. The van der Waals surface area contributed by atoms with Crippen molar-refractivity contribution in [3.05, 3.63) is 10.2 Å². The molecule has 2 atom stereocenters. The molecule has 0 heterocycles. The van der Waals surface area contributed by atoms with Gasteiger partial charge in [-0.1, -0.05) is 67.7 Å². The smallest absolute Gasteiger partial charge is 0.0226 e. The van der Waals surface area contributed by atoms with Crippen LogP contribution in [0.4, 0.5) is 0 Å². The summed E-state index contributed by atoms with van der Waals surface area (Å²) in [6, 6.07) is 0. The monoisotopic (exact) mass is 428 g/mol. The lowest BCUT2D eigenvalue weighted by atomic mass is 9.72. The maximum absolute atomic E-state index is 2.46. The van der Waals surface area contributed by atoms with Crippen molar-refractivity contribution in [3.8, 4) is 0 Å². The molecule has 2 unspecified atom stereocenters. The molecule has 3 saturated carbocycles. The van der Waals surface area contributed by atoms with E-state index in [4.69, 9.17) is 0 Å². The Morgan fingerprint density at radius 3 is 1.57 bits per heavy atom. The first-order valence-corrected chi connectivity index (χ1v) is 11.8. The van der Waals surface area contributed by atoms with Crippen LogP contribution in [-0.2, 0) is 0 Å². The van der Waals surface area contributed by atoms with Crippen LogP contribution in [0.25, 0.3) is 0 Å². The molecule has 0 aromatic carbocycles. The molecule has 0 amide bonds. The van der Waals surface area contributed by atoms with Crippen molar-refractivity contribution in [1.29, 1.82) is 0 Å². The van der Waals surface area contributed by atoms with Gasteiger partial charge in [-0.25, -0.2) is 0 Å². The Kier molecular flexibility index (Phi) is 7.34. The van der Waals surface area contributed by atoms with Gasteiger partial charge in [0.15, 0.2) is 0 Å². The minimum absolute atomic E-state index is 0.894. The zero-order valence-electron chi connectivity index (χ0n) is 15.2. The van der Waals surface area contributed by atoms with Crippen molar-refractivity contribution in [3.63, 3.8) is 0 Å². The molecule has 3 rings (SSSR count). The zero-order valence-corrected chi connectivity index (χ0v) is 17.3. The second-order valence-electron chi connectivity index (χ2n) is 9.04. The number of allylic oxidation sites excluding steroid dienone is 1. The van der Waals surface area contributed by atoms with E-state index in [-0.39, 0.29) is 0 Å². The van der Waals surface area contributed by atoms with E-state index < -0.39 is 0 Å². The Bertz CT molecular complexity index is 358. The van der Waals surface area contributed by atoms with Crippen molar-refractivity contribution >= 4 is 22.6 Å². The summed E-state index contributed by atoms with van der Waals surface area (Å²) in [6.07, 6.45) is 22.3. The SMILES string of the molecule is CC1CCC(C2CCCC(C3CCC(/C=C/I)CC3)CC2)CC1. The molecule has 0 radical (unpaired) electrons. The second-order valence-corrected chi connectivity index (χ2v) is 9.76. The summed E-state index contributed by atoms with van der Waals surface area (Å²) < 4.78 is 2.24. The highest BCUT2D eigenvalue weighted by atomic mass is 127. The van der Waals surface area contributed by atoms with Crippen LogP contribution < -0.4 is 0 Å². The van der Waals surface area contributed by atoms with Crippen LogP contribution in [0, 0.1) is 35.5 Å². The molecule has 0 bridgehead atoms. The predicted molar refractivity (Wildman–Crippen MR) is 110 cm³/mol. The predicted octanol–water partition coefficient (Wildman–Crippen LogP) is 7.76. The zero-order chi connectivity index (χ0) is 16.1. The Morgan fingerprint density at radius 1 is 0.609 bits per heavy atom. The Morgan fingerprint density at radius 2 is 1.04 bits per heavy atom. The van der Waals surface area contributed by atoms with Gasteiger partial charge in [-0.3, -0.25) is 0 Å². The van der Waals surface area contributed by atoms with E-state index in [2.05, 4.69) is 39.7 Å². The van der Waals surface area contributed by atoms with Gasteiger partial charge in [0.05, 0.1) is 0 Å². The molecule has 0 aromatic rings. The topological polar surface area (TPSA) is 0 Å². The molecule has 0 aliphatic heterocycles. The molecule has 3 aliphatic carbocycles. The first-order valence-electron chi connectivity index (χ1n) is 10.5. The van der Waals surface area contributed by atoms with Gasteiger partial charge in [0.2, 0.25) is 0 Å². The Balaban J connectivity index is 1.45. The minimum Gasteiger partial charge on any atom is -0.0753 e. The highest BCUT2D eigenvalue weighted by Crippen LogP contribution is 2.44. The van der Waals surface area contributed by atoms with Crippen LogP contribution in [0.2, 0.25) is 0 Å². The van der Waals surface area contributed by atoms with E-state index in [1.165, 1.54) is 44.9 Å². The minimum atomic E-state index is 0.894. The van der Waals surface area contributed by atoms with Crippen molar-refractivity contribution in [1.82, 2.24) is 0 Å². The number of halogens is 1. The lowest BCUT2D eigenvalue weighted by molar-refractivity contribution is 0.182. The second kappa shape index (κ2) is 9.25. The van der Waals surface area contributed by atoms with Gasteiger partial charge >= 0.3 is 0 Å². The highest BCUT2D eigenvalue weighted by molar-refractivity contribution is 14.1. The molecular formula is C22H37I. The van der Waals surface area contributed by atoms with Gasteiger partial charge in [0.1, 0.15) is 0 Å². The summed E-state index contributed by atoms with van der Waals surface area (Å²) in [6.45, 7) is 2.46. The number of rotatable bonds is 3. The largest absolute Gasteiger partial charge is 0.0753 e. The average Bonchev–Trinajstić information content (AvgIpc) is 2.83. The van der Waals surface area contributed by atoms with Crippen molar-refractivity contribution in [2.24, 2.45) is 35.5 Å². The van der Waals surface area contributed by atoms with Crippen LogP contribution in [0.1, 0.15) is 90.4 Å². The lowest BCUT2D eigenvalue weighted by Gasteiger charge is -2.34. The first-order chi connectivity index (χ1) is 11.3. The number of hydrogen-bond donors (Lipinski definition) is 0. The van der Waals surface area contributed by atoms with Crippen LogP contribution >= 0.6 is 22.6 Å². The molecule has 0 nitrogen and oxygen atoms in total. The third-order valence-corrected chi connectivity index (χ3v) is 8.03. The van der Waals surface area contributed by atoms with Crippen LogP contribution in [-0.4, -0.2) is 0 Å². The fourth-order valence-electron chi connectivity index (χ4n) is 5.97. The molecule has 132 valence electrons. The molecular weight excluding hydrogens is 391 g/mol. The van der Waals surface area contributed by atoms with Crippen LogP contribution in [0.3, 0.4) is 0 Å². The third-order valence-electron chi connectivity index (χ3n) is 7.61. The number of hydrogen-bond acceptors (Lipinski definition) is 0. The van der Waals surface area contributed by atoms with Gasteiger partial charge < -0.3 is 0 Å². The average molecular weight is 428 g/mol. The van der Waals surface area contributed by atoms with E-state index in [9.17, 15) is 0 Å². The normalized spacial score (nSPS) is 43.4. The van der Waals surface area contributed by atoms with Crippen LogP contribution in [0.15, 0.2) is 10.2 Å². The molecule has 23 heavy (non-hydrogen) atoms. The summed E-state index contributed by atoms with van der Waals surface area (Å²) in [5, 5.41) is 0. The van der Waals surface area contributed by atoms with Crippen molar-refractivity contribution in [2.75, 3.05) is 0 Å². The molecule has 3 aliphatic rings. The van der Waals surface area contributed by atoms with E-state index in [0.717, 1.165) is 35.5 Å². The van der Waals surface area contributed by atoms with Crippen molar-refractivity contribution < 1.29 is 0 Å². The van der Waals surface area contributed by atoms with E-state index in [0.29, 0.717) is 0 Å². The molecule has 0 saturated heterocycles. The van der Waals surface area contributed by atoms with Gasteiger partial charge in [-0.05, 0) is 91.0 Å². The molecule has 0 spiro atoms. The van der Waals surface area contributed by atoms with E-state index >= 15 is 0 Å². The summed E-state index contributed by atoms with van der Waals surface area (Å²) in [7, 11) is 0. The fourth-order valence-corrected chi connectivity index (χ4v) is 6.56. The first kappa shape index (κ1) is 18.3. The Labute approximate surface area is 158 Å². The standard InChI is InChI=1S/C22H37I/c1-17-5-9-21(10-6-17)19-3-2-4-20(14-13-19)22-11-7-18(8-12-22)15-16-23/h15-22H,2-14H2,1H3/b16-15+. The van der Waals surface area contributed by atoms with E-state index in [1.54, 1.807) is 38.5 Å². The van der Waals surface area contributed by atoms with Crippen LogP contribution in [0.5, 0.6) is 0 Å². The van der Waals surface area contributed by atoms with Gasteiger partial charge in [-0.2, -0.15) is 0 Å². The van der Waals surface area contributed by atoms with Gasteiger partial charge in [-0.15, -0.1) is 0 Å². The summed E-state index contributed by atoms with van der Waals surface area (Å²) in [5.74, 6) is 6.23. The van der Waals surface area contributed by atoms with E-state index in [1.807, 2.05) is 0 Å².